The van der Waals surface area contributed by atoms with Crippen LogP contribution in [0.3, 0.4) is 0 Å². The number of benzene rings is 4. The van der Waals surface area contributed by atoms with E-state index in [1.807, 2.05) is 74.5 Å². The highest BCUT2D eigenvalue weighted by Crippen LogP contribution is 2.29. The lowest BCUT2D eigenvalue weighted by molar-refractivity contribution is 0.310. The molecule has 38 heavy (non-hydrogen) atoms. The summed E-state index contributed by atoms with van der Waals surface area (Å²) in [5.74, 6) is 1.48. The molecular formula is C32H25AlN2O3. The summed E-state index contributed by atoms with van der Waals surface area (Å²) < 4.78 is 59.7. The van der Waals surface area contributed by atoms with Gasteiger partial charge in [0.15, 0.2) is 0 Å². The van der Waals surface area contributed by atoms with E-state index in [0.29, 0.717) is 33.8 Å². The molecule has 0 saturated carbocycles. The van der Waals surface area contributed by atoms with Gasteiger partial charge in [0, 0.05) is 22.2 Å². The van der Waals surface area contributed by atoms with Crippen molar-refractivity contribution in [3.63, 3.8) is 0 Å². The van der Waals surface area contributed by atoms with Gasteiger partial charge in [-0.15, -0.1) is 0 Å². The molecule has 0 aliphatic rings. The number of hydrogen-bond acceptors (Lipinski definition) is 5. The minimum atomic E-state index is -3.03. The first-order valence-corrected chi connectivity index (χ1v) is 13.5. The van der Waals surface area contributed by atoms with Crippen molar-refractivity contribution >= 4 is 37.0 Å². The van der Waals surface area contributed by atoms with Crippen molar-refractivity contribution in [2.24, 2.45) is 0 Å². The number of aryl methyl sites for hydroxylation is 2. The summed E-state index contributed by atoms with van der Waals surface area (Å²) in [6.07, 6.45) is 0. The van der Waals surface area contributed by atoms with Gasteiger partial charge in [-0.25, -0.2) is 9.97 Å². The maximum absolute atomic E-state index is 8.30. The Morgan fingerprint density at radius 3 is 1.68 bits per heavy atom. The minimum Gasteiger partial charge on any atom is -0.577 e. The molecule has 6 rings (SSSR count). The van der Waals surface area contributed by atoms with Crippen molar-refractivity contribution in [1.82, 2.24) is 9.97 Å². The third-order valence-corrected chi connectivity index (χ3v) is 7.32. The van der Waals surface area contributed by atoms with Crippen LogP contribution in [0.25, 0.3) is 32.9 Å². The maximum Gasteiger partial charge on any atom is 1.20 e. The van der Waals surface area contributed by atoms with Crippen molar-refractivity contribution in [2.75, 3.05) is 0 Å². The number of nitrogens with zero attached hydrogens (tertiary/aromatic N) is 2. The van der Waals surface area contributed by atoms with Gasteiger partial charge in [0.05, 0.1) is 12.6 Å². The van der Waals surface area contributed by atoms with Crippen LogP contribution < -0.4 is 11.4 Å². The van der Waals surface area contributed by atoms with Crippen LogP contribution in [-0.4, -0.2) is 25.1 Å². The van der Waals surface area contributed by atoms with Gasteiger partial charge in [0.2, 0.25) is 0 Å². The van der Waals surface area contributed by atoms with E-state index < -0.39 is 21.2 Å². The van der Waals surface area contributed by atoms with Crippen molar-refractivity contribution in [3.05, 3.63) is 127 Å². The fourth-order valence-electron chi connectivity index (χ4n) is 4.11. The molecule has 0 fully saturated rings. The van der Waals surface area contributed by atoms with E-state index in [1.165, 1.54) is 0 Å². The summed E-state index contributed by atoms with van der Waals surface area (Å²) >= 11 is -3.03. The molecule has 0 spiro atoms. The van der Waals surface area contributed by atoms with Gasteiger partial charge in [-0.3, -0.25) is 0 Å². The van der Waals surface area contributed by atoms with Crippen LogP contribution in [0.5, 0.6) is 17.2 Å². The highest BCUT2D eigenvalue weighted by Gasteiger charge is 2.45. The number of rotatable bonds is 7. The zero-order valence-corrected chi connectivity index (χ0v) is 21.9. The van der Waals surface area contributed by atoms with Crippen molar-refractivity contribution in [1.29, 1.82) is 0 Å². The van der Waals surface area contributed by atoms with E-state index in [-0.39, 0.29) is 29.7 Å². The number of aromatic nitrogens is 2. The van der Waals surface area contributed by atoms with Gasteiger partial charge in [-0.1, -0.05) is 78.7 Å². The lowest BCUT2D eigenvalue weighted by Gasteiger charge is -2.18. The van der Waals surface area contributed by atoms with Crippen LogP contribution in [0, 0.1) is 13.8 Å². The molecule has 5 nitrogen and oxygen atoms in total. The highest BCUT2D eigenvalue weighted by atomic mass is 27.3. The van der Waals surface area contributed by atoms with Gasteiger partial charge in [-0.2, -0.15) is 0 Å². The Bertz CT molecular complexity index is 1890. The molecule has 6 aromatic rings. The molecule has 0 aliphatic carbocycles. The molecule has 4 aromatic carbocycles. The molecule has 0 unspecified atom stereocenters. The quantitative estimate of drug-likeness (QED) is 0.204. The molecule has 0 saturated heterocycles. The molecule has 0 atom stereocenters. The lowest BCUT2D eigenvalue weighted by Crippen LogP contribution is -2.37. The Kier molecular flexibility index (Phi) is 5.22. The second kappa shape index (κ2) is 10.6. The summed E-state index contributed by atoms with van der Waals surface area (Å²) in [6.45, 7) is 3.83. The van der Waals surface area contributed by atoms with Crippen molar-refractivity contribution in [2.45, 2.75) is 13.8 Å². The Morgan fingerprint density at radius 1 is 0.579 bits per heavy atom. The SMILES string of the molecule is [2H]c1c([2H])c([2H])c(-c2ccc([O][Al]([O]c3cccc4ccc(C)nc34)[O]c3cccc4ccc(C)nc34)cc2)c([2H])c1[2H]. The van der Waals surface area contributed by atoms with Gasteiger partial charge in [0.1, 0.15) is 22.5 Å². The number of pyridine rings is 2. The van der Waals surface area contributed by atoms with Crippen LogP contribution >= 0.6 is 0 Å². The number of para-hydroxylation sites is 2. The largest absolute Gasteiger partial charge is 1.20 e. The van der Waals surface area contributed by atoms with Crippen LogP contribution in [0.15, 0.2) is 115 Å². The fraction of sp³-hybridized carbons (Fsp3) is 0.0625. The third-order valence-electron chi connectivity index (χ3n) is 5.97. The summed E-state index contributed by atoms with van der Waals surface area (Å²) in [5, 5.41) is 1.84. The fourth-order valence-corrected chi connectivity index (χ4v) is 5.43. The third kappa shape index (κ3) is 5.19. The molecule has 2 heterocycles. The molecule has 0 bridgehead atoms. The van der Waals surface area contributed by atoms with E-state index in [4.69, 9.17) is 18.2 Å². The molecule has 6 heteroatoms. The molecule has 0 aliphatic heterocycles. The first-order valence-electron chi connectivity index (χ1n) is 14.6. The minimum absolute atomic E-state index is 0.119. The molecule has 184 valence electrons. The van der Waals surface area contributed by atoms with Crippen LogP contribution in [-0.2, 0) is 0 Å². The Balaban J connectivity index is 1.37. The lowest BCUT2D eigenvalue weighted by atomic mass is 10.1. The summed E-state index contributed by atoms with van der Waals surface area (Å²) in [4.78, 5) is 9.36. The van der Waals surface area contributed by atoms with Crippen molar-refractivity contribution < 1.29 is 18.2 Å². The van der Waals surface area contributed by atoms with E-state index >= 15 is 0 Å². The number of hydrogen-bond donors (Lipinski definition) is 0. The van der Waals surface area contributed by atoms with Gasteiger partial charge >= 0.3 is 15.1 Å². The molecule has 2 aromatic heterocycles. The van der Waals surface area contributed by atoms with E-state index in [9.17, 15) is 0 Å². The smallest absolute Gasteiger partial charge is 0.577 e. The standard InChI is InChI=1S/C12H10O.2C10H9NO.Al/c13-12-8-6-11(7-9-12)10-4-2-1-3-5-10;2*1-7-5-6-8-3-2-4-9(12)10(8)11-7;/h1-9,13H;2*2-6,12H,1H3;/q;;;+3/p-3/i1D,2D,3D,4D,5D;;;. The van der Waals surface area contributed by atoms with Gasteiger partial charge in [-0.05, 0) is 61.4 Å². The Hall–Kier alpha value is -4.37. The molecular weight excluding hydrogens is 487 g/mol. The van der Waals surface area contributed by atoms with Crippen LogP contribution in [0.4, 0.5) is 0 Å². The second-order valence-corrected chi connectivity index (χ2v) is 10.0. The maximum atomic E-state index is 8.30. The topological polar surface area (TPSA) is 53.5 Å². The predicted octanol–water partition coefficient (Wildman–Crippen LogP) is 7.59. The van der Waals surface area contributed by atoms with Crippen LogP contribution in [0.2, 0.25) is 0 Å². The average molecular weight is 518 g/mol. The Morgan fingerprint density at radius 2 is 1.13 bits per heavy atom. The van der Waals surface area contributed by atoms with Gasteiger partial charge in [0.25, 0.3) is 0 Å². The average Bonchev–Trinajstić information content (AvgIpc) is 3.00. The van der Waals surface area contributed by atoms with E-state index in [1.54, 1.807) is 24.3 Å². The van der Waals surface area contributed by atoms with E-state index in [0.717, 1.165) is 22.2 Å². The zero-order valence-electron chi connectivity index (χ0n) is 25.8. The summed E-state index contributed by atoms with van der Waals surface area (Å²) in [5.41, 5.74) is 3.66. The van der Waals surface area contributed by atoms with Crippen LogP contribution in [0.1, 0.15) is 18.2 Å². The number of fused-ring (bicyclic) bond motifs is 2. The highest BCUT2D eigenvalue weighted by molar-refractivity contribution is 6.40. The van der Waals surface area contributed by atoms with Crippen molar-refractivity contribution in [3.8, 4) is 28.4 Å². The van der Waals surface area contributed by atoms with Gasteiger partial charge < -0.3 is 11.4 Å². The first-order chi connectivity index (χ1) is 20.7. The Labute approximate surface area is 233 Å². The normalized spacial score (nSPS) is 12.7. The summed E-state index contributed by atoms with van der Waals surface area (Å²) in [6, 6.07) is 24.1. The molecule has 0 N–H and O–H groups in total. The first kappa shape index (κ1) is 18.8. The second-order valence-electron chi connectivity index (χ2n) is 8.73. The van der Waals surface area contributed by atoms with E-state index in [2.05, 4.69) is 9.97 Å². The predicted molar refractivity (Wildman–Crippen MR) is 152 cm³/mol. The monoisotopic (exact) mass is 517 g/mol. The molecule has 0 amide bonds. The molecule has 0 radical (unpaired) electrons. The zero-order chi connectivity index (χ0) is 30.2. The summed E-state index contributed by atoms with van der Waals surface area (Å²) in [7, 11) is 0.